The summed E-state index contributed by atoms with van der Waals surface area (Å²) in [7, 11) is 0. The monoisotopic (exact) mass is 713 g/mol. The molecule has 9 aromatic carbocycles. The van der Waals surface area contributed by atoms with Gasteiger partial charge >= 0.3 is 0 Å². The SMILES string of the molecule is C1=c2ccccc2=C(c2ccc(-c3ccccc3)cc2)N=C(c2cc(-c3ccc(-c4ccc5ccccc5c4)cc3)c3c(c2)oc2ccc4ccccc4c23)C1. The summed E-state index contributed by atoms with van der Waals surface area (Å²) in [5.74, 6) is 0. The first kappa shape index (κ1) is 32.2. The molecule has 1 aliphatic rings. The number of rotatable bonds is 5. The van der Waals surface area contributed by atoms with Crippen LogP contribution in [0.15, 0.2) is 204 Å². The van der Waals surface area contributed by atoms with Crippen molar-refractivity contribution in [1.29, 1.82) is 0 Å². The molecule has 1 aromatic heterocycles. The third-order valence-electron chi connectivity index (χ3n) is 11.3. The van der Waals surface area contributed by atoms with Crippen molar-refractivity contribution < 1.29 is 4.42 Å². The number of fused-ring (bicyclic) bond motifs is 7. The van der Waals surface area contributed by atoms with Crippen molar-refractivity contribution >= 4 is 61.0 Å². The van der Waals surface area contributed by atoms with Gasteiger partial charge in [-0.05, 0) is 84.4 Å². The summed E-state index contributed by atoms with van der Waals surface area (Å²) in [6.45, 7) is 0. The summed E-state index contributed by atoms with van der Waals surface area (Å²) in [6, 6.07) is 69.6. The molecule has 11 rings (SSSR count). The van der Waals surface area contributed by atoms with Gasteiger partial charge in [-0.3, -0.25) is 4.99 Å². The zero-order chi connectivity index (χ0) is 37.0. The van der Waals surface area contributed by atoms with E-state index in [1.165, 1.54) is 49.0 Å². The van der Waals surface area contributed by atoms with Gasteiger partial charge in [0.05, 0.1) is 11.4 Å². The molecule has 0 radical (unpaired) electrons. The zero-order valence-corrected chi connectivity index (χ0v) is 30.6. The molecule has 0 aliphatic carbocycles. The highest BCUT2D eigenvalue weighted by Crippen LogP contribution is 2.42. The van der Waals surface area contributed by atoms with E-state index in [-0.39, 0.29) is 0 Å². The van der Waals surface area contributed by atoms with Gasteiger partial charge in [-0.15, -0.1) is 0 Å². The number of nitrogens with zero attached hydrogens (tertiary/aromatic N) is 1. The van der Waals surface area contributed by atoms with Gasteiger partial charge in [0.15, 0.2) is 0 Å². The van der Waals surface area contributed by atoms with Gasteiger partial charge in [-0.2, -0.15) is 0 Å². The first-order valence-electron chi connectivity index (χ1n) is 19.2. The number of furan rings is 1. The minimum atomic E-state index is 0.692. The normalized spacial score (nSPS) is 12.8. The molecule has 2 heteroatoms. The molecule has 10 aromatic rings. The van der Waals surface area contributed by atoms with Crippen LogP contribution in [0.5, 0.6) is 0 Å². The third kappa shape index (κ3) is 5.54. The summed E-state index contributed by atoms with van der Waals surface area (Å²) in [5, 5.41) is 9.47. The van der Waals surface area contributed by atoms with Gasteiger partial charge in [-0.1, -0.05) is 176 Å². The fraction of sp³-hybridized carbons (Fsp3) is 0.0185. The second kappa shape index (κ2) is 13.2. The zero-order valence-electron chi connectivity index (χ0n) is 30.6. The lowest BCUT2D eigenvalue weighted by Crippen LogP contribution is -2.25. The predicted octanol–water partition coefficient (Wildman–Crippen LogP) is 12.7. The third-order valence-corrected chi connectivity index (χ3v) is 11.3. The van der Waals surface area contributed by atoms with Gasteiger partial charge < -0.3 is 4.42 Å². The van der Waals surface area contributed by atoms with Crippen LogP contribution >= 0.6 is 0 Å². The van der Waals surface area contributed by atoms with Crippen molar-refractivity contribution in [1.82, 2.24) is 0 Å². The van der Waals surface area contributed by atoms with E-state index in [1.807, 2.05) is 0 Å². The van der Waals surface area contributed by atoms with E-state index in [4.69, 9.17) is 9.41 Å². The van der Waals surface area contributed by atoms with E-state index < -0.39 is 0 Å². The van der Waals surface area contributed by atoms with E-state index in [1.54, 1.807) is 0 Å². The molecule has 0 unspecified atom stereocenters. The lowest BCUT2D eigenvalue weighted by molar-refractivity contribution is 0.669. The van der Waals surface area contributed by atoms with Gasteiger partial charge in [-0.25, -0.2) is 0 Å². The quantitative estimate of drug-likeness (QED) is 0.174. The average Bonchev–Trinajstić information content (AvgIpc) is 3.55. The maximum absolute atomic E-state index is 6.78. The molecule has 262 valence electrons. The van der Waals surface area contributed by atoms with Crippen LogP contribution < -0.4 is 10.4 Å². The summed E-state index contributed by atoms with van der Waals surface area (Å²) >= 11 is 0. The second-order valence-electron chi connectivity index (χ2n) is 14.6. The molecule has 0 spiro atoms. The topological polar surface area (TPSA) is 25.5 Å². The van der Waals surface area contributed by atoms with Crippen molar-refractivity contribution in [2.24, 2.45) is 4.99 Å². The van der Waals surface area contributed by atoms with Gasteiger partial charge in [0.25, 0.3) is 0 Å². The molecule has 0 fully saturated rings. The molecule has 0 bridgehead atoms. The van der Waals surface area contributed by atoms with Crippen LogP contribution in [0.2, 0.25) is 0 Å². The van der Waals surface area contributed by atoms with E-state index in [0.717, 1.165) is 60.8 Å². The van der Waals surface area contributed by atoms with Gasteiger partial charge in [0.1, 0.15) is 11.2 Å². The summed E-state index contributed by atoms with van der Waals surface area (Å²) in [5.41, 5.74) is 12.9. The first-order chi connectivity index (χ1) is 27.7. The highest BCUT2D eigenvalue weighted by atomic mass is 16.3. The van der Waals surface area contributed by atoms with Gasteiger partial charge in [0.2, 0.25) is 0 Å². The molecule has 0 N–H and O–H groups in total. The Morgan fingerprint density at radius 1 is 0.393 bits per heavy atom. The highest BCUT2D eigenvalue weighted by molar-refractivity contribution is 6.24. The highest BCUT2D eigenvalue weighted by Gasteiger charge is 2.20. The number of hydrogen-bond donors (Lipinski definition) is 0. The minimum absolute atomic E-state index is 0.692. The predicted molar refractivity (Wildman–Crippen MR) is 235 cm³/mol. The van der Waals surface area contributed by atoms with Crippen molar-refractivity contribution in [2.45, 2.75) is 6.42 Å². The van der Waals surface area contributed by atoms with Crippen LogP contribution in [0.25, 0.3) is 88.6 Å². The van der Waals surface area contributed by atoms with Crippen LogP contribution in [0, 0.1) is 0 Å². The van der Waals surface area contributed by atoms with Crippen molar-refractivity contribution in [3.05, 3.63) is 216 Å². The Labute approximate surface area is 324 Å². The number of benzene rings is 9. The molecule has 0 saturated carbocycles. The Morgan fingerprint density at radius 3 is 1.86 bits per heavy atom. The van der Waals surface area contributed by atoms with Crippen LogP contribution in [0.4, 0.5) is 0 Å². The molecular weight excluding hydrogens is 679 g/mol. The minimum Gasteiger partial charge on any atom is -0.456 e. The maximum atomic E-state index is 6.78. The van der Waals surface area contributed by atoms with Crippen LogP contribution in [0.1, 0.15) is 17.5 Å². The molecule has 0 saturated heterocycles. The van der Waals surface area contributed by atoms with Crippen LogP contribution in [-0.2, 0) is 0 Å². The number of aliphatic imine (C=N–C) groups is 1. The Morgan fingerprint density at radius 2 is 1.02 bits per heavy atom. The Kier molecular flexibility index (Phi) is 7.60. The van der Waals surface area contributed by atoms with Crippen molar-refractivity contribution in [3.63, 3.8) is 0 Å². The van der Waals surface area contributed by atoms with E-state index in [2.05, 4.69) is 200 Å². The molecular formula is C54H35NO. The van der Waals surface area contributed by atoms with Crippen LogP contribution in [-0.4, -0.2) is 5.71 Å². The molecule has 56 heavy (non-hydrogen) atoms. The molecule has 2 nitrogen and oxygen atoms in total. The lowest BCUT2D eigenvalue weighted by atomic mass is 9.92. The second-order valence-corrected chi connectivity index (χ2v) is 14.6. The fourth-order valence-corrected chi connectivity index (χ4v) is 8.46. The van der Waals surface area contributed by atoms with Crippen molar-refractivity contribution in [3.8, 4) is 33.4 Å². The molecule has 1 aliphatic heterocycles. The summed E-state index contributed by atoms with van der Waals surface area (Å²) in [4.78, 5) is 5.54. The first-order valence-corrected chi connectivity index (χ1v) is 19.2. The molecule has 0 amide bonds. The van der Waals surface area contributed by atoms with E-state index in [0.29, 0.717) is 6.42 Å². The largest absolute Gasteiger partial charge is 0.456 e. The van der Waals surface area contributed by atoms with Crippen molar-refractivity contribution in [2.75, 3.05) is 0 Å². The Bertz CT molecular complexity index is 3300. The van der Waals surface area contributed by atoms with E-state index in [9.17, 15) is 0 Å². The lowest BCUT2D eigenvalue weighted by Gasteiger charge is -2.12. The smallest absolute Gasteiger partial charge is 0.136 e. The maximum Gasteiger partial charge on any atom is 0.136 e. The Hall–Kier alpha value is -7.29. The van der Waals surface area contributed by atoms with E-state index >= 15 is 0 Å². The number of hydrogen-bond acceptors (Lipinski definition) is 2. The van der Waals surface area contributed by atoms with Crippen LogP contribution in [0.3, 0.4) is 0 Å². The Balaban J connectivity index is 1.10. The fourth-order valence-electron chi connectivity index (χ4n) is 8.46. The average molecular weight is 714 g/mol. The summed E-state index contributed by atoms with van der Waals surface area (Å²) in [6.07, 6.45) is 3.01. The molecule has 0 atom stereocenters. The molecule has 2 heterocycles. The van der Waals surface area contributed by atoms with Gasteiger partial charge in [0, 0.05) is 33.5 Å². The summed E-state index contributed by atoms with van der Waals surface area (Å²) < 4.78 is 6.78. The standard InChI is InChI=1S/C54H35NO/c1-2-10-35(11-3-1)37-20-25-42(26-21-37)54-47-17-9-7-14-40(47)28-30-49(55-54)45-33-48(53-51(34-45)56-50-31-29-39-13-6-8-16-46(39)52(50)53)41-23-18-38(19-24-41)44-27-22-36-12-4-5-15-43(36)32-44/h1-29,31-34H,30H2.